The Hall–Kier alpha value is -1.48. The topological polar surface area (TPSA) is 21.7 Å². The average molecular weight is 217 g/mol. The molecule has 0 amide bonds. The molecule has 84 valence electrons. The van der Waals surface area contributed by atoms with E-state index in [0.717, 1.165) is 17.9 Å². The van der Waals surface area contributed by atoms with Crippen molar-refractivity contribution in [1.29, 1.82) is 0 Å². The molecule has 0 radical (unpaired) electrons. The van der Waals surface area contributed by atoms with Crippen molar-refractivity contribution in [3.8, 4) is 5.75 Å². The summed E-state index contributed by atoms with van der Waals surface area (Å²) in [5, 5.41) is 2.01. The molecule has 0 saturated carbocycles. The summed E-state index contributed by atoms with van der Waals surface area (Å²) in [6, 6.07) is 8.38. The van der Waals surface area contributed by atoms with Gasteiger partial charge in [-0.3, -0.25) is 4.84 Å². The second kappa shape index (κ2) is 3.83. The maximum Gasteiger partial charge on any atom is 0.119 e. The van der Waals surface area contributed by atoms with Gasteiger partial charge >= 0.3 is 0 Å². The predicted octanol–water partition coefficient (Wildman–Crippen LogP) is 2.53. The zero-order valence-electron chi connectivity index (χ0n) is 9.30. The predicted molar refractivity (Wildman–Crippen MR) is 62.5 cm³/mol. The second-order valence-electron chi connectivity index (χ2n) is 4.20. The molecule has 2 heterocycles. The van der Waals surface area contributed by atoms with Gasteiger partial charge in [-0.15, -0.1) is 0 Å². The lowest BCUT2D eigenvalue weighted by Gasteiger charge is -2.41. The number of benzene rings is 1. The van der Waals surface area contributed by atoms with Crippen molar-refractivity contribution in [1.82, 2.24) is 0 Å². The Morgan fingerprint density at radius 3 is 2.50 bits per heavy atom. The van der Waals surface area contributed by atoms with Crippen LogP contribution in [-0.2, 0) is 4.84 Å². The highest BCUT2D eigenvalue weighted by molar-refractivity contribution is 5.49. The molecule has 3 heteroatoms. The molecule has 0 N–H and O–H groups in total. The summed E-state index contributed by atoms with van der Waals surface area (Å²) < 4.78 is 5.15. The van der Waals surface area contributed by atoms with Gasteiger partial charge in [-0.25, -0.2) is 5.06 Å². The van der Waals surface area contributed by atoms with Gasteiger partial charge in [0.25, 0.3) is 0 Å². The van der Waals surface area contributed by atoms with Crippen LogP contribution >= 0.6 is 0 Å². The van der Waals surface area contributed by atoms with Crippen LogP contribution in [0.5, 0.6) is 5.75 Å². The summed E-state index contributed by atoms with van der Waals surface area (Å²) >= 11 is 0. The first-order valence-electron chi connectivity index (χ1n) is 5.65. The fraction of sp³-hybridized carbons (Fsp3) is 0.385. The number of hydroxylamine groups is 1. The maximum atomic E-state index is 5.85. The Bertz CT molecular complexity index is 399. The average Bonchev–Trinajstić information content (AvgIpc) is 2.40. The summed E-state index contributed by atoms with van der Waals surface area (Å²) in [6.45, 7) is 0. The first-order chi connectivity index (χ1) is 7.86. The molecule has 3 aliphatic rings. The molecule has 1 aromatic carbocycles. The Morgan fingerprint density at radius 2 is 2.00 bits per heavy atom. The summed E-state index contributed by atoms with van der Waals surface area (Å²) in [4.78, 5) is 5.85. The van der Waals surface area contributed by atoms with Gasteiger partial charge in [-0.2, -0.15) is 0 Å². The highest BCUT2D eigenvalue weighted by atomic mass is 16.7. The summed E-state index contributed by atoms with van der Waals surface area (Å²) in [7, 11) is 1.68. The van der Waals surface area contributed by atoms with Crippen LogP contribution in [0.3, 0.4) is 0 Å². The molecule has 2 bridgehead atoms. The SMILES string of the molecule is COc1ccc(N2OC3C=CC2CC3)cc1. The molecule has 1 fully saturated rings. The molecular formula is C13H15NO2. The molecule has 2 atom stereocenters. The van der Waals surface area contributed by atoms with Gasteiger partial charge in [0, 0.05) is 0 Å². The van der Waals surface area contributed by atoms with Crippen molar-refractivity contribution < 1.29 is 9.57 Å². The summed E-state index contributed by atoms with van der Waals surface area (Å²) in [5.74, 6) is 0.876. The molecule has 0 spiro atoms. The normalized spacial score (nSPS) is 27.2. The maximum absolute atomic E-state index is 5.85. The van der Waals surface area contributed by atoms with E-state index in [1.54, 1.807) is 7.11 Å². The van der Waals surface area contributed by atoms with Crippen LogP contribution in [0.2, 0.25) is 0 Å². The number of fused-ring (bicyclic) bond motifs is 2. The molecule has 1 saturated heterocycles. The second-order valence-corrected chi connectivity index (χ2v) is 4.20. The van der Waals surface area contributed by atoms with Crippen LogP contribution in [0.25, 0.3) is 0 Å². The Morgan fingerprint density at radius 1 is 1.19 bits per heavy atom. The van der Waals surface area contributed by atoms with Crippen LogP contribution < -0.4 is 9.80 Å². The fourth-order valence-corrected chi connectivity index (χ4v) is 2.27. The number of hydrogen-bond donors (Lipinski definition) is 0. The van der Waals surface area contributed by atoms with E-state index in [4.69, 9.17) is 9.57 Å². The molecule has 2 unspecified atom stereocenters. The van der Waals surface area contributed by atoms with Gasteiger partial charge in [-0.05, 0) is 37.1 Å². The molecule has 2 aliphatic heterocycles. The number of hydrogen-bond acceptors (Lipinski definition) is 3. The van der Waals surface area contributed by atoms with E-state index in [1.807, 2.05) is 29.3 Å². The van der Waals surface area contributed by atoms with E-state index in [0.29, 0.717) is 6.04 Å². The number of methoxy groups -OCH3 is 1. The van der Waals surface area contributed by atoms with E-state index >= 15 is 0 Å². The Labute approximate surface area is 95.2 Å². The van der Waals surface area contributed by atoms with Crippen LogP contribution in [0, 0.1) is 0 Å². The largest absolute Gasteiger partial charge is 0.497 e. The van der Waals surface area contributed by atoms with Crippen molar-refractivity contribution >= 4 is 5.69 Å². The minimum absolute atomic E-state index is 0.257. The van der Waals surface area contributed by atoms with Crippen molar-refractivity contribution in [3.05, 3.63) is 36.4 Å². The van der Waals surface area contributed by atoms with Crippen LogP contribution in [0.15, 0.2) is 36.4 Å². The van der Waals surface area contributed by atoms with E-state index in [2.05, 4.69) is 12.2 Å². The van der Waals surface area contributed by atoms with Gasteiger partial charge in [0.2, 0.25) is 0 Å². The first kappa shape index (κ1) is 9.73. The number of nitrogens with zero attached hydrogens (tertiary/aromatic N) is 1. The lowest BCUT2D eigenvalue weighted by Crippen LogP contribution is -2.45. The molecule has 4 rings (SSSR count). The zero-order valence-corrected chi connectivity index (χ0v) is 9.30. The van der Waals surface area contributed by atoms with Crippen molar-refractivity contribution in [3.63, 3.8) is 0 Å². The lowest BCUT2D eigenvalue weighted by molar-refractivity contribution is 0.00352. The Balaban J connectivity index is 1.84. The van der Waals surface area contributed by atoms with Crippen LogP contribution in [0.4, 0.5) is 5.69 Å². The van der Waals surface area contributed by atoms with Gasteiger partial charge in [0.05, 0.1) is 18.8 Å². The summed E-state index contributed by atoms with van der Waals surface area (Å²) in [5.41, 5.74) is 1.10. The molecule has 3 nitrogen and oxygen atoms in total. The quantitative estimate of drug-likeness (QED) is 0.710. The number of rotatable bonds is 2. The molecular weight excluding hydrogens is 202 g/mol. The van der Waals surface area contributed by atoms with Crippen molar-refractivity contribution in [2.75, 3.05) is 12.2 Å². The third-order valence-electron chi connectivity index (χ3n) is 3.17. The zero-order chi connectivity index (χ0) is 11.0. The van der Waals surface area contributed by atoms with E-state index < -0.39 is 0 Å². The van der Waals surface area contributed by atoms with Crippen LogP contribution in [0.1, 0.15) is 12.8 Å². The van der Waals surface area contributed by atoms with Crippen LogP contribution in [-0.4, -0.2) is 19.3 Å². The van der Waals surface area contributed by atoms with Crippen molar-refractivity contribution in [2.24, 2.45) is 0 Å². The lowest BCUT2D eigenvalue weighted by atomic mass is 9.98. The molecule has 1 aromatic rings. The highest BCUT2D eigenvalue weighted by Crippen LogP contribution is 2.32. The van der Waals surface area contributed by atoms with Gasteiger partial charge in [0.15, 0.2) is 0 Å². The standard InChI is InChI=1S/C13H15NO2/c1-15-12-6-2-10(3-7-12)14-11-4-8-13(16-14)9-5-11/h2-4,6-8,11,13H,5,9H2,1H3. The van der Waals surface area contributed by atoms with E-state index in [1.165, 1.54) is 6.42 Å². The smallest absolute Gasteiger partial charge is 0.119 e. The Kier molecular flexibility index (Phi) is 2.33. The minimum atomic E-state index is 0.257. The van der Waals surface area contributed by atoms with Gasteiger partial charge in [-0.1, -0.05) is 12.2 Å². The third kappa shape index (κ3) is 1.57. The van der Waals surface area contributed by atoms with Gasteiger partial charge in [0.1, 0.15) is 11.9 Å². The number of anilines is 1. The highest BCUT2D eigenvalue weighted by Gasteiger charge is 2.31. The summed E-state index contributed by atoms with van der Waals surface area (Å²) in [6.07, 6.45) is 6.96. The monoisotopic (exact) mass is 217 g/mol. The molecule has 0 aromatic heterocycles. The number of ether oxygens (including phenoxy) is 1. The van der Waals surface area contributed by atoms with E-state index in [9.17, 15) is 0 Å². The third-order valence-corrected chi connectivity index (χ3v) is 3.17. The first-order valence-corrected chi connectivity index (χ1v) is 5.65. The van der Waals surface area contributed by atoms with Crippen molar-refractivity contribution in [2.45, 2.75) is 25.0 Å². The minimum Gasteiger partial charge on any atom is -0.497 e. The van der Waals surface area contributed by atoms with E-state index in [-0.39, 0.29) is 6.10 Å². The molecule has 1 aliphatic carbocycles. The van der Waals surface area contributed by atoms with Gasteiger partial charge < -0.3 is 4.74 Å². The fourth-order valence-electron chi connectivity index (χ4n) is 2.27. The molecule has 16 heavy (non-hydrogen) atoms.